The molecule has 0 radical (unpaired) electrons. The largest absolute Gasteiger partial charge is 0.419 e. The number of alkyl halides is 3. The summed E-state index contributed by atoms with van der Waals surface area (Å²) in [5, 5.41) is 8.07. The first-order chi connectivity index (χ1) is 16.3. The molecule has 8 nitrogen and oxygen atoms in total. The van der Waals surface area contributed by atoms with Gasteiger partial charge in [0, 0.05) is 49.4 Å². The molecular weight excluding hydrogens is 449 g/mol. The van der Waals surface area contributed by atoms with Crippen molar-refractivity contribution >= 4 is 22.6 Å². The van der Waals surface area contributed by atoms with E-state index in [1.165, 1.54) is 0 Å². The summed E-state index contributed by atoms with van der Waals surface area (Å²) in [6.45, 7) is 0.999. The number of aromatic amines is 1. The molecule has 11 heteroatoms. The maximum absolute atomic E-state index is 13.0. The first-order valence-corrected chi connectivity index (χ1v) is 11.2. The van der Waals surface area contributed by atoms with Crippen LogP contribution in [0.1, 0.15) is 36.9 Å². The number of aryl methyl sites for hydroxylation is 1. The maximum atomic E-state index is 13.0. The van der Waals surface area contributed by atoms with Crippen LogP contribution >= 0.6 is 0 Å². The molecule has 2 aliphatic rings. The smallest absolute Gasteiger partial charge is 0.337 e. The van der Waals surface area contributed by atoms with E-state index in [0.29, 0.717) is 37.7 Å². The summed E-state index contributed by atoms with van der Waals surface area (Å²) >= 11 is 0. The van der Waals surface area contributed by atoms with Gasteiger partial charge in [0.25, 0.3) is 5.56 Å². The Hall–Kier alpha value is -3.50. The molecule has 2 saturated heterocycles. The number of anilines is 1. The Kier molecular flexibility index (Phi) is 5.70. The Morgan fingerprint density at radius 1 is 1.06 bits per heavy atom. The number of amides is 1. The van der Waals surface area contributed by atoms with E-state index in [0.717, 1.165) is 36.3 Å². The number of benzene rings is 1. The lowest BCUT2D eigenvalue weighted by molar-refractivity contribution is -0.138. The lowest BCUT2D eigenvalue weighted by atomic mass is 10.1. The molecule has 1 N–H and O–H groups in total. The third-order valence-corrected chi connectivity index (χ3v) is 6.60. The molecule has 0 aliphatic carbocycles. The van der Waals surface area contributed by atoms with Crippen molar-refractivity contribution in [3.8, 4) is 0 Å². The lowest BCUT2D eigenvalue weighted by Gasteiger charge is -2.41. The number of fused-ring (bicyclic) bond motifs is 3. The molecule has 2 unspecified atom stereocenters. The van der Waals surface area contributed by atoms with E-state index in [4.69, 9.17) is 0 Å². The van der Waals surface area contributed by atoms with Gasteiger partial charge < -0.3 is 9.80 Å². The Morgan fingerprint density at radius 3 is 2.35 bits per heavy atom. The predicted octanol–water partition coefficient (Wildman–Crippen LogP) is 2.93. The topological polar surface area (TPSA) is 95.1 Å². The van der Waals surface area contributed by atoms with Gasteiger partial charge in [0.2, 0.25) is 11.9 Å². The number of carbonyl (C=O) groups excluding carboxylic acids is 1. The van der Waals surface area contributed by atoms with E-state index in [1.54, 1.807) is 12.1 Å². The number of halogens is 3. The van der Waals surface area contributed by atoms with E-state index in [9.17, 15) is 22.8 Å². The van der Waals surface area contributed by atoms with E-state index in [-0.39, 0.29) is 29.5 Å². The van der Waals surface area contributed by atoms with Crippen LogP contribution in [0.15, 0.2) is 41.5 Å². The summed E-state index contributed by atoms with van der Waals surface area (Å²) in [6, 6.07) is 7.25. The SMILES string of the molecule is O=C(CCCc1n[nH]c(=O)c2ccccc12)N1C2CCC1CN(c1ncc(C(F)(F)F)cn1)C2. The average molecular weight is 472 g/mol. The highest BCUT2D eigenvalue weighted by molar-refractivity contribution is 5.83. The van der Waals surface area contributed by atoms with Crippen molar-refractivity contribution in [1.82, 2.24) is 25.1 Å². The molecular formula is C23H23F3N6O2. The molecule has 2 atom stereocenters. The fourth-order valence-corrected chi connectivity index (χ4v) is 5.00. The van der Waals surface area contributed by atoms with Crippen molar-refractivity contribution in [2.45, 2.75) is 50.4 Å². The van der Waals surface area contributed by atoms with Gasteiger partial charge in [0.1, 0.15) is 0 Å². The first kappa shape index (κ1) is 22.3. The van der Waals surface area contributed by atoms with Crippen LogP contribution < -0.4 is 10.5 Å². The number of hydrogen-bond donors (Lipinski definition) is 1. The summed E-state index contributed by atoms with van der Waals surface area (Å²) in [4.78, 5) is 36.6. The van der Waals surface area contributed by atoms with Crippen molar-refractivity contribution in [2.24, 2.45) is 0 Å². The third-order valence-electron chi connectivity index (χ3n) is 6.60. The number of aromatic nitrogens is 4. The highest BCUT2D eigenvalue weighted by atomic mass is 19.4. The highest BCUT2D eigenvalue weighted by Gasteiger charge is 2.43. The molecule has 3 aromatic rings. The summed E-state index contributed by atoms with van der Waals surface area (Å²) in [6.07, 6.45) is 0.353. The van der Waals surface area contributed by atoms with Crippen molar-refractivity contribution in [1.29, 1.82) is 0 Å². The predicted molar refractivity (Wildman–Crippen MR) is 118 cm³/mol. The minimum Gasteiger partial charge on any atom is -0.337 e. The zero-order valence-corrected chi connectivity index (χ0v) is 18.3. The third kappa shape index (κ3) is 4.22. The second kappa shape index (κ2) is 8.69. The molecule has 178 valence electrons. The molecule has 0 spiro atoms. The molecule has 4 heterocycles. The van der Waals surface area contributed by atoms with Crippen LogP contribution in [0.3, 0.4) is 0 Å². The minimum atomic E-state index is -4.47. The van der Waals surface area contributed by atoms with E-state index in [1.807, 2.05) is 21.9 Å². The summed E-state index contributed by atoms with van der Waals surface area (Å²) in [7, 11) is 0. The molecule has 1 amide bonds. The Balaban J connectivity index is 1.20. The zero-order valence-electron chi connectivity index (χ0n) is 18.3. The average Bonchev–Trinajstić information content (AvgIpc) is 3.09. The molecule has 0 saturated carbocycles. The lowest BCUT2D eigenvalue weighted by Crippen LogP contribution is -2.56. The Labute approximate surface area is 192 Å². The fourth-order valence-electron chi connectivity index (χ4n) is 5.00. The van der Waals surface area contributed by atoms with Crippen LogP contribution in [0.25, 0.3) is 10.8 Å². The number of nitrogens with one attached hydrogen (secondary N) is 1. The summed E-state index contributed by atoms with van der Waals surface area (Å²) in [5.74, 6) is 0.322. The molecule has 2 aliphatic heterocycles. The van der Waals surface area contributed by atoms with Gasteiger partial charge in [-0.1, -0.05) is 18.2 Å². The van der Waals surface area contributed by atoms with Crippen LogP contribution in [-0.4, -0.2) is 56.1 Å². The zero-order chi connectivity index (χ0) is 23.9. The van der Waals surface area contributed by atoms with Gasteiger partial charge in [-0.15, -0.1) is 0 Å². The maximum Gasteiger partial charge on any atom is 0.419 e. The number of piperazine rings is 1. The fraction of sp³-hybridized carbons (Fsp3) is 0.435. The second-order valence-corrected chi connectivity index (χ2v) is 8.76. The Morgan fingerprint density at radius 2 is 1.71 bits per heavy atom. The molecule has 2 fully saturated rings. The molecule has 1 aromatic carbocycles. The van der Waals surface area contributed by atoms with Crippen molar-refractivity contribution in [3.05, 3.63) is 58.3 Å². The first-order valence-electron chi connectivity index (χ1n) is 11.2. The van der Waals surface area contributed by atoms with Gasteiger partial charge >= 0.3 is 6.18 Å². The van der Waals surface area contributed by atoms with Crippen molar-refractivity contribution in [3.63, 3.8) is 0 Å². The normalized spacial score (nSPS) is 20.2. The second-order valence-electron chi connectivity index (χ2n) is 8.76. The van der Waals surface area contributed by atoms with Crippen molar-refractivity contribution < 1.29 is 18.0 Å². The van der Waals surface area contributed by atoms with Crippen LogP contribution in [0.5, 0.6) is 0 Å². The number of carbonyl (C=O) groups is 1. The highest BCUT2D eigenvalue weighted by Crippen LogP contribution is 2.33. The Bertz CT molecular complexity index is 1250. The standard InChI is InChI=1S/C23H23F3N6O2/c24-23(25,26)14-10-27-22(28-11-14)31-12-15-8-9-16(13-31)32(15)20(33)7-3-6-19-17-4-1-2-5-18(17)21(34)30-29-19/h1-2,4-5,10-11,15-16H,3,6-9,12-13H2,(H,30,34). The van der Waals surface area contributed by atoms with Gasteiger partial charge in [-0.05, 0) is 31.7 Å². The molecule has 34 heavy (non-hydrogen) atoms. The van der Waals surface area contributed by atoms with Crippen LogP contribution in [0, 0.1) is 0 Å². The van der Waals surface area contributed by atoms with Crippen molar-refractivity contribution in [2.75, 3.05) is 18.0 Å². The van der Waals surface area contributed by atoms with Gasteiger partial charge in [-0.2, -0.15) is 18.3 Å². The quantitative estimate of drug-likeness (QED) is 0.614. The van der Waals surface area contributed by atoms with Gasteiger partial charge in [-0.3, -0.25) is 9.59 Å². The molecule has 5 rings (SSSR count). The van der Waals surface area contributed by atoms with Crippen LogP contribution in [0.4, 0.5) is 19.1 Å². The number of rotatable bonds is 5. The number of H-pyrrole nitrogens is 1. The van der Waals surface area contributed by atoms with Gasteiger partial charge in [0.05, 0.1) is 16.6 Å². The molecule has 2 aromatic heterocycles. The summed E-state index contributed by atoms with van der Waals surface area (Å²) in [5.41, 5.74) is -0.352. The summed E-state index contributed by atoms with van der Waals surface area (Å²) < 4.78 is 38.4. The number of hydrogen-bond acceptors (Lipinski definition) is 6. The minimum absolute atomic E-state index is 0.0100. The number of nitrogens with zero attached hydrogens (tertiary/aromatic N) is 5. The van der Waals surface area contributed by atoms with Crippen LogP contribution in [0.2, 0.25) is 0 Å². The van der Waals surface area contributed by atoms with E-state index in [2.05, 4.69) is 20.2 Å². The van der Waals surface area contributed by atoms with Gasteiger partial charge in [-0.25, -0.2) is 15.1 Å². The van der Waals surface area contributed by atoms with Crippen LogP contribution in [-0.2, 0) is 17.4 Å². The van der Waals surface area contributed by atoms with E-state index < -0.39 is 11.7 Å². The monoisotopic (exact) mass is 472 g/mol. The van der Waals surface area contributed by atoms with Gasteiger partial charge in [0.15, 0.2) is 0 Å². The molecule has 2 bridgehead atoms. The van der Waals surface area contributed by atoms with E-state index >= 15 is 0 Å².